The lowest BCUT2D eigenvalue weighted by Crippen LogP contribution is -2.57. The van der Waals surface area contributed by atoms with Crippen LogP contribution in [-0.4, -0.2) is 88.9 Å². The molecule has 0 aliphatic carbocycles. The van der Waals surface area contributed by atoms with Crippen LogP contribution in [0.25, 0.3) is 0 Å². The van der Waals surface area contributed by atoms with Gasteiger partial charge in [0.15, 0.2) is 0 Å². The van der Waals surface area contributed by atoms with Crippen LogP contribution in [0.2, 0.25) is 0 Å². The predicted octanol–water partition coefficient (Wildman–Crippen LogP) is -1.59. The van der Waals surface area contributed by atoms with Crippen molar-refractivity contribution in [2.75, 3.05) is 25.1 Å². The van der Waals surface area contributed by atoms with Crippen molar-refractivity contribution in [2.45, 2.75) is 62.7 Å². The minimum atomic E-state index is -1.48. The number of rotatable bonds is 11. The SMILES string of the molecule is CSCCC(NC(=O)C1CCCN1C(=O)C1CCCN1)C(=O)NC(CC(N)=O)C(=O)O. The van der Waals surface area contributed by atoms with Gasteiger partial charge in [-0.15, -0.1) is 0 Å². The molecule has 0 radical (unpaired) electrons. The molecule has 0 aromatic carbocycles. The first-order chi connectivity index (χ1) is 14.7. The van der Waals surface area contributed by atoms with E-state index in [0.29, 0.717) is 25.1 Å². The zero-order valence-corrected chi connectivity index (χ0v) is 18.4. The summed E-state index contributed by atoms with van der Waals surface area (Å²) in [6.07, 6.45) is 4.40. The molecule has 6 N–H and O–H groups in total. The average molecular weight is 458 g/mol. The van der Waals surface area contributed by atoms with Gasteiger partial charge in [0.05, 0.1) is 12.5 Å². The van der Waals surface area contributed by atoms with Crippen molar-refractivity contribution in [2.24, 2.45) is 5.73 Å². The molecule has 12 heteroatoms. The standard InChI is InChI=1S/C19H31N5O6S/c1-31-9-6-11(16(26)23-13(19(29)30)10-15(20)25)22-17(27)14-5-3-8-24(14)18(28)12-4-2-7-21-12/h11-14,21H,2-10H2,1H3,(H2,20,25)(H,22,27)(H,23,26)(H,29,30). The molecule has 31 heavy (non-hydrogen) atoms. The second-order valence-corrected chi connectivity index (χ2v) is 8.74. The van der Waals surface area contributed by atoms with E-state index < -0.39 is 48.2 Å². The quantitative estimate of drug-likeness (QED) is 0.247. The summed E-state index contributed by atoms with van der Waals surface area (Å²) in [5.41, 5.74) is 5.05. The van der Waals surface area contributed by atoms with E-state index >= 15 is 0 Å². The first kappa shape index (κ1) is 24.9. The van der Waals surface area contributed by atoms with Crippen LogP contribution in [0.1, 0.15) is 38.5 Å². The van der Waals surface area contributed by atoms with Gasteiger partial charge in [-0.25, -0.2) is 4.79 Å². The number of nitrogens with one attached hydrogen (secondary N) is 3. The van der Waals surface area contributed by atoms with Crippen molar-refractivity contribution in [1.82, 2.24) is 20.9 Å². The highest BCUT2D eigenvalue weighted by atomic mass is 32.2. The van der Waals surface area contributed by atoms with Gasteiger partial charge < -0.3 is 31.7 Å². The van der Waals surface area contributed by atoms with Crippen molar-refractivity contribution in [3.63, 3.8) is 0 Å². The molecule has 0 spiro atoms. The number of hydrogen-bond donors (Lipinski definition) is 5. The minimum Gasteiger partial charge on any atom is -0.480 e. The summed E-state index contributed by atoms with van der Waals surface area (Å²) < 4.78 is 0. The number of primary amides is 1. The first-order valence-electron chi connectivity index (χ1n) is 10.4. The van der Waals surface area contributed by atoms with E-state index in [-0.39, 0.29) is 18.4 Å². The van der Waals surface area contributed by atoms with Crippen LogP contribution in [0.5, 0.6) is 0 Å². The third kappa shape index (κ3) is 7.10. The number of thioether (sulfide) groups is 1. The second kappa shape index (κ2) is 11.9. The van der Waals surface area contributed by atoms with Gasteiger partial charge >= 0.3 is 5.97 Å². The number of nitrogens with two attached hydrogens (primary N) is 1. The van der Waals surface area contributed by atoms with E-state index in [0.717, 1.165) is 19.4 Å². The van der Waals surface area contributed by atoms with Gasteiger partial charge in [-0.3, -0.25) is 19.2 Å². The third-order valence-corrected chi connectivity index (χ3v) is 6.10. The number of carboxylic acid groups (broad SMARTS) is 1. The maximum absolute atomic E-state index is 12.9. The fourth-order valence-corrected chi connectivity index (χ4v) is 4.32. The van der Waals surface area contributed by atoms with Gasteiger partial charge in [0, 0.05) is 6.54 Å². The van der Waals surface area contributed by atoms with Crippen LogP contribution in [0, 0.1) is 0 Å². The molecule has 0 aromatic heterocycles. The van der Waals surface area contributed by atoms with Crippen LogP contribution in [0.15, 0.2) is 0 Å². The summed E-state index contributed by atoms with van der Waals surface area (Å²) in [5.74, 6) is -2.95. The molecule has 2 heterocycles. The van der Waals surface area contributed by atoms with Gasteiger partial charge in [-0.05, 0) is 50.7 Å². The Morgan fingerprint density at radius 1 is 1.16 bits per heavy atom. The smallest absolute Gasteiger partial charge is 0.326 e. The minimum absolute atomic E-state index is 0.104. The second-order valence-electron chi connectivity index (χ2n) is 7.75. The Kier molecular flexibility index (Phi) is 9.56. The zero-order chi connectivity index (χ0) is 23.0. The largest absolute Gasteiger partial charge is 0.480 e. The molecule has 2 saturated heterocycles. The summed E-state index contributed by atoms with van der Waals surface area (Å²) in [6, 6.07) is -3.41. The Hall–Kier alpha value is -2.34. The van der Waals surface area contributed by atoms with E-state index in [2.05, 4.69) is 16.0 Å². The molecule has 2 aliphatic heterocycles. The Morgan fingerprint density at radius 2 is 1.90 bits per heavy atom. The molecule has 2 rings (SSSR count). The van der Waals surface area contributed by atoms with E-state index in [9.17, 15) is 29.1 Å². The molecule has 11 nitrogen and oxygen atoms in total. The fourth-order valence-electron chi connectivity index (χ4n) is 3.84. The number of carbonyl (C=O) groups excluding carboxylic acids is 4. The van der Waals surface area contributed by atoms with Crippen LogP contribution in [0.3, 0.4) is 0 Å². The Labute approximate surface area is 185 Å². The van der Waals surface area contributed by atoms with E-state index in [1.165, 1.54) is 11.8 Å². The highest BCUT2D eigenvalue weighted by Crippen LogP contribution is 2.21. The number of amides is 4. The monoisotopic (exact) mass is 457 g/mol. The van der Waals surface area contributed by atoms with Gasteiger partial charge in [0.2, 0.25) is 23.6 Å². The van der Waals surface area contributed by atoms with Crippen molar-refractivity contribution in [3.05, 3.63) is 0 Å². The van der Waals surface area contributed by atoms with Gasteiger partial charge in [-0.1, -0.05) is 0 Å². The summed E-state index contributed by atoms with van der Waals surface area (Å²) in [5, 5.41) is 17.3. The summed E-state index contributed by atoms with van der Waals surface area (Å²) in [7, 11) is 0. The van der Waals surface area contributed by atoms with Crippen LogP contribution in [-0.2, 0) is 24.0 Å². The Morgan fingerprint density at radius 3 is 2.48 bits per heavy atom. The van der Waals surface area contributed by atoms with E-state index in [1.54, 1.807) is 4.90 Å². The fraction of sp³-hybridized carbons (Fsp3) is 0.737. The zero-order valence-electron chi connectivity index (χ0n) is 17.6. The summed E-state index contributed by atoms with van der Waals surface area (Å²) in [4.78, 5) is 62.4. The average Bonchev–Trinajstić information content (AvgIpc) is 3.41. The Bertz CT molecular complexity index is 699. The molecule has 4 amide bonds. The molecular formula is C19H31N5O6S. The highest BCUT2D eigenvalue weighted by Gasteiger charge is 2.39. The van der Waals surface area contributed by atoms with Crippen molar-refractivity contribution in [3.8, 4) is 0 Å². The summed E-state index contributed by atoms with van der Waals surface area (Å²) in [6.45, 7) is 1.25. The lowest BCUT2D eigenvalue weighted by atomic mass is 10.1. The van der Waals surface area contributed by atoms with Gasteiger partial charge in [0.25, 0.3) is 0 Å². The lowest BCUT2D eigenvalue weighted by molar-refractivity contribution is -0.144. The number of aliphatic carboxylic acids is 1. The first-order valence-corrected chi connectivity index (χ1v) is 11.8. The van der Waals surface area contributed by atoms with Crippen molar-refractivity contribution < 1.29 is 29.1 Å². The molecular weight excluding hydrogens is 426 g/mol. The highest BCUT2D eigenvalue weighted by molar-refractivity contribution is 7.98. The van der Waals surface area contributed by atoms with Gasteiger partial charge in [-0.2, -0.15) is 11.8 Å². The van der Waals surface area contributed by atoms with E-state index in [4.69, 9.17) is 5.73 Å². The number of carbonyl (C=O) groups is 5. The number of nitrogens with zero attached hydrogens (tertiary/aromatic N) is 1. The number of hydrogen-bond acceptors (Lipinski definition) is 7. The molecule has 0 bridgehead atoms. The van der Waals surface area contributed by atoms with Crippen molar-refractivity contribution >= 4 is 41.4 Å². The topological polar surface area (TPSA) is 171 Å². The molecule has 4 atom stereocenters. The Balaban J connectivity index is 2.05. The van der Waals surface area contributed by atoms with Crippen molar-refractivity contribution in [1.29, 1.82) is 0 Å². The molecule has 0 aromatic rings. The summed E-state index contributed by atoms with van der Waals surface area (Å²) >= 11 is 1.47. The van der Waals surface area contributed by atoms with Gasteiger partial charge in [0.1, 0.15) is 18.1 Å². The normalized spacial score (nSPS) is 22.5. The third-order valence-electron chi connectivity index (χ3n) is 5.46. The van der Waals surface area contributed by atoms with Crippen LogP contribution in [0.4, 0.5) is 0 Å². The molecule has 2 aliphatic rings. The number of carboxylic acids is 1. The molecule has 0 saturated carbocycles. The maximum Gasteiger partial charge on any atom is 0.326 e. The van der Waals surface area contributed by atoms with E-state index in [1.807, 2.05) is 6.26 Å². The predicted molar refractivity (Wildman–Crippen MR) is 114 cm³/mol. The molecule has 174 valence electrons. The number of likely N-dealkylation sites (tertiary alicyclic amines) is 1. The maximum atomic E-state index is 12.9. The van der Waals surface area contributed by atoms with Crippen LogP contribution < -0.4 is 21.7 Å². The van der Waals surface area contributed by atoms with Crippen LogP contribution >= 0.6 is 11.8 Å². The molecule has 2 fully saturated rings. The lowest BCUT2D eigenvalue weighted by Gasteiger charge is -2.28. The molecule has 4 unspecified atom stereocenters.